The Labute approximate surface area is 153 Å². The van der Waals surface area contributed by atoms with Crippen molar-refractivity contribution in [1.29, 1.82) is 0 Å². The second-order valence-electron chi connectivity index (χ2n) is 4.35. The molecule has 102 valence electrons. The molecule has 3 nitrogen and oxygen atoms in total. The first-order valence-corrected chi connectivity index (χ1v) is 7.49. The summed E-state index contributed by atoms with van der Waals surface area (Å²) in [5.74, 6) is 0. The van der Waals surface area contributed by atoms with Gasteiger partial charge in [-0.1, -0.05) is 55.1 Å². The molecule has 0 bridgehead atoms. The van der Waals surface area contributed by atoms with Gasteiger partial charge in [0.25, 0.3) is 0 Å². The Morgan fingerprint density at radius 3 is 2.33 bits per heavy atom. The van der Waals surface area contributed by atoms with E-state index in [4.69, 9.17) is 0 Å². The van der Waals surface area contributed by atoms with Gasteiger partial charge in [0.2, 0.25) is 0 Å². The first-order chi connectivity index (χ1) is 9.63. The molecule has 0 atom stereocenters. The van der Waals surface area contributed by atoms with Gasteiger partial charge in [-0.25, -0.2) is 0 Å². The average molecular weight is 324 g/mol. The molecule has 0 saturated carbocycles. The average Bonchev–Trinajstić information content (AvgIpc) is 2.46. The number of hydrogen-bond acceptors (Lipinski definition) is 3. The Kier molecular flexibility index (Phi) is 4.94. The summed E-state index contributed by atoms with van der Waals surface area (Å²) < 4.78 is 28.8. The molecular weight excluding hydrogens is 312 g/mol. The number of rotatable bonds is 3. The smallest absolute Gasteiger partial charge is 0.339 e. The van der Waals surface area contributed by atoms with Crippen LogP contribution in [-0.4, -0.2) is 46.2 Å². The molecule has 5 heteroatoms. The zero-order chi connectivity index (χ0) is 14.2. The van der Waals surface area contributed by atoms with Crippen molar-refractivity contribution in [3.63, 3.8) is 0 Å². The second kappa shape index (κ2) is 6.36. The van der Waals surface area contributed by atoms with Crippen LogP contribution in [0.15, 0.2) is 72.3 Å². The Morgan fingerprint density at radius 1 is 0.857 bits per heavy atom. The predicted molar refractivity (Wildman–Crippen MR) is 85.7 cm³/mol. The van der Waals surface area contributed by atoms with E-state index in [0.29, 0.717) is 5.39 Å². The van der Waals surface area contributed by atoms with E-state index in [1.807, 2.05) is 36.4 Å². The fourth-order valence-electron chi connectivity index (χ4n) is 2.37. The maximum atomic E-state index is 12.1. The minimum atomic E-state index is -3.82. The van der Waals surface area contributed by atoms with Gasteiger partial charge in [0.1, 0.15) is 4.90 Å². The van der Waals surface area contributed by atoms with Crippen molar-refractivity contribution in [2.75, 3.05) is 0 Å². The van der Waals surface area contributed by atoms with E-state index in [2.05, 4.69) is 10.8 Å². The standard InChI is InChI=1S/C16H12O3S.Ca/c1-2-19-20(17,18)16-9-5-8-14-13-7-4-3-6-12(13)10-11-15(14)16;/h2-11H,1H2;. The molecule has 0 aliphatic carbocycles. The quantitative estimate of drug-likeness (QED) is 0.321. The maximum Gasteiger partial charge on any atom is 0.339 e. The van der Waals surface area contributed by atoms with Gasteiger partial charge in [0.05, 0.1) is 6.26 Å². The predicted octanol–water partition coefficient (Wildman–Crippen LogP) is 3.46. The fraction of sp³-hybridized carbons (Fsp3) is 0. The molecule has 0 heterocycles. The zero-order valence-corrected chi connectivity index (χ0v) is 14.3. The second-order valence-corrected chi connectivity index (χ2v) is 5.90. The van der Waals surface area contributed by atoms with E-state index in [0.717, 1.165) is 22.4 Å². The molecule has 0 fully saturated rings. The largest absolute Gasteiger partial charge is 0.388 e. The van der Waals surface area contributed by atoms with Crippen molar-refractivity contribution in [2.24, 2.45) is 0 Å². The monoisotopic (exact) mass is 324 g/mol. The van der Waals surface area contributed by atoms with Gasteiger partial charge in [-0.15, -0.1) is 0 Å². The summed E-state index contributed by atoms with van der Waals surface area (Å²) >= 11 is 0. The molecule has 0 spiro atoms. The summed E-state index contributed by atoms with van der Waals surface area (Å²) in [7, 11) is -3.82. The van der Waals surface area contributed by atoms with E-state index >= 15 is 0 Å². The third-order valence-corrected chi connectivity index (χ3v) is 4.49. The minimum absolute atomic E-state index is 0. The van der Waals surface area contributed by atoms with Gasteiger partial charge >= 0.3 is 10.1 Å². The van der Waals surface area contributed by atoms with Crippen LogP contribution >= 0.6 is 0 Å². The zero-order valence-electron chi connectivity index (χ0n) is 11.3. The van der Waals surface area contributed by atoms with Gasteiger partial charge in [0.15, 0.2) is 0 Å². The van der Waals surface area contributed by atoms with Gasteiger partial charge in [-0.05, 0) is 22.2 Å². The third kappa shape index (κ3) is 2.94. The Hall–Kier alpha value is -1.07. The molecule has 21 heavy (non-hydrogen) atoms. The van der Waals surface area contributed by atoms with Crippen LogP contribution in [0.2, 0.25) is 0 Å². The third-order valence-electron chi connectivity index (χ3n) is 3.21. The summed E-state index contributed by atoms with van der Waals surface area (Å²) in [4.78, 5) is 0.153. The molecule has 0 unspecified atom stereocenters. The molecule has 3 aromatic rings. The summed E-state index contributed by atoms with van der Waals surface area (Å²) in [6.07, 6.45) is 0.926. The van der Waals surface area contributed by atoms with Crippen LogP contribution in [0.1, 0.15) is 0 Å². The van der Waals surface area contributed by atoms with Crippen LogP contribution in [-0.2, 0) is 14.3 Å². The Bertz CT molecular complexity index is 917. The summed E-state index contributed by atoms with van der Waals surface area (Å²) in [6.45, 7) is 3.30. The van der Waals surface area contributed by atoms with Crippen molar-refractivity contribution in [3.8, 4) is 0 Å². The summed E-state index contributed by atoms with van der Waals surface area (Å²) in [5.41, 5.74) is 0. The van der Waals surface area contributed by atoms with Crippen molar-refractivity contribution in [2.45, 2.75) is 4.90 Å². The molecule has 3 rings (SSSR count). The van der Waals surface area contributed by atoms with Crippen molar-refractivity contribution < 1.29 is 12.6 Å². The minimum Gasteiger partial charge on any atom is -0.388 e. The van der Waals surface area contributed by atoms with Gasteiger partial charge in [-0.2, -0.15) is 8.42 Å². The van der Waals surface area contributed by atoms with Crippen LogP contribution in [0.5, 0.6) is 0 Å². The van der Waals surface area contributed by atoms with Crippen LogP contribution in [0.3, 0.4) is 0 Å². The van der Waals surface area contributed by atoms with Crippen LogP contribution < -0.4 is 0 Å². The van der Waals surface area contributed by atoms with Crippen molar-refractivity contribution >= 4 is 69.4 Å². The first kappa shape index (κ1) is 16.3. The number of hydrogen-bond donors (Lipinski definition) is 0. The van der Waals surface area contributed by atoms with Crippen LogP contribution in [0.25, 0.3) is 21.5 Å². The van der Waals surface area contributed by atoms with Gasteiger partial charge in [0, 0.05) is 43.1 Å². The van der Waals surface area contributed by atoms with Gasteiger partial charge < -0.3 is 4.18 Å². The molecule has 0 amide bonds. The molecule has 0 saturated heterocycles. The normalized spacial score (nSPS) is 11.0. The van der Waals surface area contributed by atoms with Crippen molar-refractivity contribution in [1.82, 2.24) is 0 Å². The van der Waals surface area contributed by atoms with Gasteiger partial charge in [-0.3, -0.25) is 0 Å². The Morgan fingerprint density at radius 2 is 1.57 bits per heavy atom. The number of benzene rings is 3. The van der Waals surface area contributed by atoms with E-state index < -0.39 is 10.1 Å². The maximum absolute atomic E-state index is 12.1. The fourth-order valence-corrected chi connectivity index (χ4v) is 3.35. The molecule has 0 aliphatic heterocycles. The summed E-state index contributed by atoms with van der Waals surface area (Å²) in [6, 6.07) is 16.7. The molecule has 2 radical (unpaired) electrons. The number of fused-ring (bicyclic) bond motifs is 3. The molecule has 0 aromatic heterocycles. The first-order valence-electron chi connectivity index (χ1n) is 6.08. The van der Waals surface area contributed by atoms with Crippen LogP contribution in [0, 0.1) is 0 Å². The van der Waals surface area contributed by atoms with E-state index in [9.17, 15) is 8.42 Å². The van der Waals surface area contributed by atoms with E-state index in [1.165, 1.54) is 6.07 Å². The SMILES string of the molecule is C=COS(=O)(=O)c1cccc2c1ccc1ccccc12.[Ca]. The van der Waals surface area contributed by atoms with E-state index in [1.54, 1.807) is 12.1 Å². The van der Waals surface area contributed by atoms with Crippen LogP contribution in [0.4, 0.5) is 0 Å². The topological polar surface area (TPSA) is 43.4 Å². The Balaban J connectivity index is 0.00000161. The molecular formula is C16H12CaO3S. The molecule has 3 aromatic carbocycles. The molecule has 0 N–H and O–H groups in total. The summed E-state index contributed by atoms with van der Waals surface area (Å²) in [5, 5.41) is 3.62. The van der Waals surface area contributed by atoms with Crippen molar-refractivity contribution in [3.05, 3.63) is 67.4 Å². The van der Waals surface area contributed by atoms with E-state index in [-0.39, 0.29) is 42.6 Å². The molecule has 0 aliphatic rings.